The number of anilines is 2. The molecule has 0 aliphatic carbocycles. The smallest absolute Gasteiger partial charge is 0.262 e. The van der Waals surface area contributed by atoms with Gasteiger partial charge in [0, 0.05) is 29.7 Å². The Labute approximate surface area is 207 Å². The summed E-state index contributed by atoms with van der Waals surface area (Å²) in [5, 5.41) is 9.68. The average molecular weight is 490 g/mol. The fourth-order valence-electron chi connectivity index (χ4n) is 3.88. The first-order chi connectivity index (χ1) is 17.1. The first-order valence-electron chi connectivity index (χ1n) is 11.5. The maximum atomic E-state index is 11.8. The summed E-state index contributed by atoms with van der Waals surface area (Å²) in [6.07, 6.45) is 1.84. The Kier molecular flexibility index (Phi) is 6.78. The number of hydrogen-bond acceptors (Lipinski definition) is 7. The van der Waals surface area contributed by atoms with Crippen LogP contribution in [0.5, 0.6) is 5.75 Å². The lowest BCUT2D eigenvalue weighted by molar-refractivity contribution is -0.118. The molecule has 0 bridgehead atoms. The molecule has 0 spiro atoms. The number of nitrogens with one attached hydrogen (secondary N) is 1. The van der Waals surface area contributed by atoms with Crippen LogP contribution in [0.2, 0.25) is 0 Å². The predicted octanol–water partition coefficient (Wildman–Crippen LogP) is 3.74. The second-order valence-electron chi connectivity index (χ2n) is 8.47. The third-order valence-electron chi connectivity index (χ3n) is 5.67. The van der Waals surface area contributed by atoms with Crippen molar-refractivity contribution < 1.29 is 14.3 Å². The monoisotopic (exact) mass is 489 g/mol. The summed E-state index contributed by atoms with van der Waals surface area (Å²) in [4.78, 5) is 19.6. The molecule has 35 heavy (non-hydrogen) atoms. The van der Waals surface area contributed by atoms with E-state index in [9.17, 15) is 4.79 Å². The SMILES string of the molecule is C=C(C)CN=c1scc(-c2ccc3c(c2)NC(=O)CO3)n1N=Cc1ccc(N2CCOCC2)cc1. The van der Waals surface area contributed by atoms with Gasteiger partial charge < -0.3 is 19.7 Å². The molecule has 1 fully saturated rings. The van der Waals surface area contributed by atoms with Crippen molar-refractivity contribution in [3.8, 4) is 17.0 Å². The number of benzene rings is 2. The van der Waals surface area contributed by atoms with Crippen LogP contribution in [0.3, 0.4) is 0 Å². The van der Waals surface area contributed by atoms with Crippen LogP contribution in [0.4, 0.5) is 11.4 Å². The maximum absolute atomic E-state index is 11.8. The van der Waals surface area contributed by atoms with Gasteiger partial charge in [0.15, 0.2) is 6.61 Å². The molecule has 8 nitrogen and oxygen atoms in total. The van der Waals surface area contributed by atoms with Crippen molar-refractivity contribution in [1.29, 1.82) is 0 Å². The van der Waals surface area contributed by atoms with Gasteiger partial charge in [-0.05, 0) is 42.8 Å². The fraction of sp³-hybridized carbons (Fsp3) is 0.269. The summed E-state index contributed by atoms with van der Waals surface area (Å²) in [6, 6.07) is 14.1. The first kappa shape index (κ1) is 23.1. The number of amides is 1. The summed E-state index contributed by atoms with van der Waals surface area (Å²) in [5.41, 5.74) is 5.58. The normalized spacial score (nSPS) is 16.2. The molecule has 0 radical (unpaired) electrons. The Morgan fingerprint density at radius 3 is 2.77 bits per heavy atom. The fourth-order valence-corrected chi connectivity index (χ4v) is 4.72. The van der Waals surface area contributed by atoms with Crippen molar-refractivity contribution in [1.82, 2.24) is 4.68 Å². The molecule has 2 aromatic carbocycles. The molecule has 1 saturated heterocycles. The summed E-state index contributed by atoms with van der Waals surface area (Å²) in [5.74, 6) is 0.495. The van der Waals surface area contributed by atoms with Crippen LogP contribution in [-0.2, 0) is 9.53 Å². The van der Waals surface area contributed by atoms with E-state index in [0.717, 1.165) is 53.5 Å². The number of aromatic nitrogens is 1. The molecule has 3 heterocycles. The molecule has 1 aromatic heterocycles. The van der Waals surface area contributed by atoms with E-state index in [1.165, 1.54) is 17.0 Å². The van der Waals surface area contributed by atoms with Crippen LogP contribution < -0.4 is 19.8 Å². The van der Waals surface area contributed by atoms with E-state index in [2.05, 4.69) is 41.1 Å². The molecule has 180 valence electrons. The Morgan fingerprint density at radius 2 is 2.00 bits per heavy atom. The summed E-state index contributed by atoms with van der Waals surface area (Å²) in [6.45, 7) is 9.79. The lowest BCUT2D eigenvalue weighted by atomic mass is 10.1. The van der Waals surface area contributed by atoms with Crippen molar-refractivity contribution in [2.75, 3.05) is 49.7 Å². The number of fused-ring (bicyclic) bond motifs is 1. The molecule has 3 aromatic rings. The van der Waals surface area contributed by atoms with Crippen LogP contribution in [-0.4, -0.2) is 56.3 Å². The Bertz CT molecular complexity index is 1330. The number of rotatable bonds is 6. The van der Waals surface area contributed by atoms with Crippen molar-refractivity contribution >= 4 is 34.8 Å². The molecule has 2 aliphatic rings. The number of hydrogen-bond donors (Lipinski definition) is 1. The average Bonchev–Trinajstić information content (AvgIpc) is 3.29. The van der Waals surface area contributed by atoms with Crippen LogP contribution in [0.15, 0.2) is 70.1 Å². The van der Waals surface area contributed by atoms with Crippen molar-refractivity contribution in [2.24, 2.45) is 10.1 Å². The van der Waals surface area contributed by atoms with E-state index in [1.807, 2.05) is 41.4 Å². The Hall–Kier alpha value is -3.69. The van der Waals surface area contributed by atoms with E-state index in [4.69, 9.17) is 19.6 Å². The molecule has 5 rings (SSSR count). The van der Waals surface area contributed by atoms with Crippen LogP contribution >= 0.6 is 11.3 Å². The molecule has 0 saturated carbocycles. The highest BCUT2D eigenvalue weighted by Crippen LogP contribution is 2.33. The van der Waals surface area contributed by atoms with Crippen LogP contribution in [0.25, 0.3) is 11.3 Å². The van der Waals surface area contributed by atoms with Gasteiger partial charge in [0.05, 0.1) is 37.4 Å². The highest BCUT2D eigenvalue weighted by atomic mass is 32.1. The number of carbonyl (C=O) groups is 1. The molecule has 1 amide bonds. The van der Waals surface area contributed by atoms with Gasteiger partial charge in [-0.1, -0.05) is 24.3 Å². The number of thiazole rings is 1. The highest BCUT2D eigenvalue weighted by molar-refractivity contribution is 7.07. The molecule has 0 atom stereocenters. The highest BCUT2D eigenvalue weighted by Gasteiger charge is 2.18. The lowest BCUT2D eigenvalue weighted by Gasteiger charge is -2.28. The van der Waals surface area contributed by atoms with Crippen molar-refractivity contribution in [2.45, 2.75) is 6.92 Å². The third-order valence-corrected chi connectivity index (χ3v) is 6.52. The second-order valence-corrected chi connectivity index (χ2v) is 9.31. The van der Waals surface area contributed by atoms with Gasteiger partial charge in [0.2, 0.25) is 4.80 Å². The lowest BCUT2D eigenvalue weighted by Crippen LogP contribution is -2.36. The van der Waals surface area contributed by atoms with E-state index in [1.54, 1.807) is 0 Å². The Morgan fingerprint density at radius 1 is 1.20 bits per heavy atom. The minimum atomic E-state index is -0.163. The largest absolute Gasteiger partial charge is 0.482 e. The molecular weight excluding hydrogens is 462 g/mol. The zero-order chi connectivity index (χ0) is 24.2. The molecule has 9 heteroatoms. The summed E-state index contributed by atoms with van der Waals surface area (Å²) < 4.78 is 12.8. The molecular formula is C26H27N5O3S. The van der Waals surface area contributed by atoms with Gasteiger partial charge in [-0.2, -0.15) is 5.10 Å². The Balaban J connectivity index is 1.46. The van der Waals surface area contributed by atoms with Gasteiger partial charge in [-0.25, -0.2) is 4.68 Å². The van der Waals surface area contributed by atoms with Crippen LogP contribution in [0.1, 0.15) is 12.5 Å². The van der Waals surface area contributed by atoms with E-state index in [-0.39, 0.29) is 12.5 Å². The van der Waals surface area contributed by atoms with Crippen LogP contribution in [0, 0.1) is 0 Å². The standard InChI is InChI=1S/C26H27N5O3S/c1-18(2)14-27-26-31(28-15-19-3-6-21(7-4-19)30-9-11-33-12-10-30)23(17-35-26)20-5-8-24-22(13-20)29-25(32)16-34-24/h3-8,13,15,17H,1,9-12,14,16H2,2H3,(H,29,32). The van der Waals surface area contributed by atoms with E-state index >= 15 is 0 Å². The van der Waals surface area contributed by atoms with E-state index < -0.39 is 0 Å². The summed E-state index contributed by atoms with van der Waals surface area (Å²) >= 11 is 1.51. The minimum absolute atomic E-state index is 0.0311. The quantitative estimate of drug-likeness (QED) is 0.423. The number of morpholine rings is 1. The molecule has 2 aliphatic heterocycles. The zero-order valence-corrected chi connectivity index (χ0v) is 20.4. The van der Waals surface area contributed by atoms with E-state index in [0.29, 0.717) is 18.0 Å². The molecule has 0 unspecified atom stereocenters. The van der Waals surface area contributed by atoms with Gasteiger partial charge >= 0.3 is 0 Å². The predicted molar refractivity (Wildman–Crippen MR) is 140 cm³/mol. The zero-order valence-electron chi connectivity index (χ0n) is 19.6. The number of carbonyl (C=O) groups excluding carboxylic acids is 1. The summed E-state index contributed by atoms with van der Waals surface area (Å²) in [7, 11) is 0. The maximum Gasteiger partial charge on any atom is 0.262 e. The van der Waals surface area contributed by atoms with Crippen molar-refractivity contribution in [3.05, 3.63) is 70.4 Å². The van der Waals surface area contributed by atoms with Gasteiger partial charge in [-0.3, -0.25) is 9.79 Å². The molecule has 1 N–H and O–H groups in total. The van der Waals surface area contributed by atoms with Gasteiger partial charge in [0.25, 0.3) is 5.91 Å². The minimum Gasteiger partial charge on any atom is -0.482 e. The topological polar surface area (TPSA) is 80.4 Å². The second kappa shape index (κ2) is 10.3. The van der Waals surface area contributed by atoms with Crippen molar-refractivity contribution in [3.63, 3.8) is 0 Å². The van der Waals surface area contributed by atoms with Gasteiger partial charge in [0.1, 0.15) is 5.75 Å². The number of ether oxygens (including phenoxy) is 2. The number of nitrogens with zero attached hydrogens (tertiary/aromatic N) is 4. The first-order valence-corrected chi connectivity index (χ1v) is 12.3. The third kappa shape index (κ3) is 5.36. The van der Waals surface area contributed by atoms with Gasteiger partial charge in [-0.15, -0.1) is 11.3 Å².